The number of aromatic nitrogens is 2. The van der Waals surface area contributed by atoms with E-state index in [9.17, 15) is 8.76 Å². The summed E-state index contributed by atoms with van der Waals surface area (Å²) in [6, 6.07) is 4.25. The van der Waals surface area contributed by atoms with Gasteiger partial charge in [0.25, 0.3) is 0 Å². The SMILES string of the molecule is CCc1cc2c(cc1Sc1nc3c(n1CCS(=O)[O-])NCN=C3N)OCC2. The van der Waals surface area contributed by atoms with E-state index in [-0.39, 0.29) is 5.75 Å². The minimum atomic E-state index is -2.14. The van der Waals surface area contributed by atoms with Gasteiger partial charge in [-0.3, -0.25) is 4.21 Å². The zero-order valence-corrected chi connectivity index (χ0v) is 16.5. The van der Waals surface area contributed by atoms with Gasteiger partial charge in [0.05, 0.1) is 6.61 Å². The van der Waals surface area contributed by atoms with Crippen LogP contribution in [0.15, 0.2) is 27.2 Å². The van der Waals surface area contributed by atoms with Crippen LogP contribution in [-0.2, 0) is 30.5 Å². The van der Waals surface area contributed by atoms with Gasteiger partial charge in [-0.15, -0.1) is 0 Å². The highest BCUT2D eigenvalue weighted by Gasteiger charge is 2.24. The van der Waals surface area contributed by atoms with Gasteiger partial charge in [0.15, 0.2) is 5.16 Å². The number of aliphatic imine (C=N–C) groups is 1. The highest BCUT2D eigenvalue weighted by atomic mass is 32.2. The standard InChI is InChI=1S/C17H21N5O3S2/c1-2-10-7-11-3-5-25-12(11)8-13(10)26-17-21-14-15(18)19-9-20-16(14)22(17)4-6-27(23)24/h7-8,20H,2-6,9H2,1H3,(H2,18,19)(H,23,24)/p-1. The van der Waals surface area contributed by atoms with Crippen LogP contribution in [0.4, 0.5) is 5.82 Å². The molecule has 10 heteroatoms. The lowest BCUT2D eigenvalue weighted by atomic mass is 10.1. The highest BCUT2D eigenvalue weighted by Crippen LogP contribution is 2.38. The fourth-order valence-corrected chi connectivity index (χ4v) is 4.70. The Bertz CT molecular complexity index is 941. The number of aryl methyl sites for hydroxylation is 1. The van der Waals surface area contributed by atoms with Crippen molar-refractivity contribution >= 4 is 34.5 Å². The Balaban J connectivity index is 1.73. The first kappa shape index (κ1) is 18.3. The third-order valence-corrected chi connectivity index (χ3v) is 6.22. The van der Waals surface area contributed by atoms with Crippen LogP contribution in [0.25, 0.3) is 0 Å². The lowest BCUT2D eigenvalue weighted by Gasteiger charge is -2.16. The maximum Gasteiger partial charge on any atom is 0.175 e. The van der Waals surface area contributed by atoms with Crippen LogP contribution in [0.2, 0.25) is 0 Å². The second-order valence-corrected chi connectivity index (χ2v) is 8.28. The number of rotatable bonds is 6. The van der Waals surface area contributed by atoms with Crippen LogP contribution in [0.3, 0.4) is 0 Å². The molecule has 1 aromatic carbocycles. The summed E-state index contributed by atoms with van der Waals surface area (Å²) in [5.74, 6) is 1.99. The molecule has 2 aromatic rings. The molecule has 0 saturated heterocycles. The number of nitrogens with two attached hydrogens (primary N) is 1. The second kappa shape index (κ2) is 7.53. The Morgan fingerprint density at radius 2 is 2.33 bits per heavy atom. The largest absolute Gasteiger partial charge is 0.772 e. The van der Waals surface area contributed by atoms with E-state index in [0.717, 1.165) is 23.5 Å². The Morgan fingerprint density at radius 1 is 1.48 bits per heavy atom. The monoisotopic (exact) mass is 406 g/mol. The fraction of sp³-hybridized carbons (Fsp3) is 0.412. The molecule has 2 aliphatic heterocycles. The van der Waals surface area contributed by atoms with Gasteiger partial charge >= 0.3 is 0 Å². The van der Waals surface area contributed by atoms with E-state index in [0.29, 0.717) is 42.3 Å². The van der Waals surface area contributed by atoms with Crippen LogP contribution in [0.1, 0.15) is 23.7 Å². The molecular weight excluding hydrogens is 386 g/mol. The van der Waals surface area contributed by atoms with Crippen LogP contribution >= 0.6 is 11.8 Å². The average Bonchev–Trinajstić information content (AvgIpc) is 3.24. The number of nitrogens with one attached hydrogen (secondary N) is 1. The van der Waals surface area contributed by atoms with Gasteiger partial charge < -0.3 is 24.9 Å². The molecular formula is C17H20N5O3S2-. The molecule has 3 N–H and O–H groups in total. The number of benzene rings is 1. The molecule has 2 aliphatic rings. The predicted octanol–water partition coefficient (Wildman–Crippen LogP) is 1.50. The van der Waals surface area contributed by atoms with Crippen LogP contribution in [0, 0.1) is 0 Å². The zero-order chi connectivity index (χ0) is 19.0. The summed E-state index contributed by atoms with van der Waals surface area (Å²) in [5, 5.41) is 3.84. The molecule has 0 radical (unpaired) electrons. The van der Waals surface area contributed by atoms with Gasteiger partial charge in [0.1, 0.15) is 29.8 Å². The van der Waals surface area contributed by atoms with Crippen molar-refractivity contribution in [1.29, 1.82) is 0 Å². The second-order valence-electron chi connectivity index (χ2n) is 6.25. The van der Waals surface area contributed by atoms with Crippen molar-refractivity contribution in [3.05, 3.63) is 29.0 Å². The van der Waals surface area contributed by atoms with E-state index >= 15 is 0 Å². The molecule has 3 heterocycles. The maximum absolute atomic E-state index is 11.1. The van der Waals surface area contributed by atoms with Gasteiger partial charge in [0.2, 0.25) is 0 Å². The maximum atomic E-state index is 11.1. The number of anilines is 1. The molecule has 27 heavy (non-hydrogen) atoms. The lowest BCUT2D eigenvalue weighted by molar-refractivity contribution is 0.356. The lowest BCUT2D eigenvalue weighted by Crippen LogP contribution is -2.24. The van der Waals surface area contributed by atoms with E-state index in [2.05, 4.69) is 34.3 Å². The third-order valence-electron chi connectivity index (χ3n) is 4.61. The number of hydrogen-bond donors (Lipinski definition) is 2. The van der Waals surface area contributed by atoms with E-state index in [1.807, 2.05) is 4.57 Å². The number of hydrogen-bond acceptors (Lipinski definition) is 8. The quantitative estimate of drug-likeness (QED) is 0.698. The summed E-state index contributed by atoms with van der Waals surface area (Å²) in [7, 11) is 0. The van der Waals surface area contributed by atoms with Gasteiger partial charge in [-0.25, -0.2) is 9.98 Å². The topological polar surface area (TPSA) is 118 Å². The molecule has 4 rings (SSSR count). The fourth-order valence-electron chi connectivity index (χ4n) is 3.24. The van der Waals surface area contributed by atoms with Gasteiger partial charge in [-0.1, -0.05) is 35.8 Å². The van der Waals surface area contributed by atoms with E-state index < -0.39 is 11.1 Å². The van der Waals surface area contributed by atoms with Crippen molar-refractivity contribution in [2.45, 2.75) is 36.4 Å². The summed E-state index contributed by atoms with van der Waals surface area (Å²) in [6.45, 7) is 3.47. The third kappa shape index (κ3) is 3.56. The van der Waals surface area contributed by atoms with E-state index in [1.54, 1.807) is 0 Å². The zero-order valence-electron chi connectivity index (χ0n) is 14.9. The van der Waals surface area contributed by atoms with Crippen molar-refractivity contribution < 1.29 is 13.5 Å². The first-order chi connectivity index (χ1) is 13.1. The van der Waals surface area contributed by atoms with Crippen molar-refractivity contribution in [2.24, 2.45) is 10.7 Å². The van der Waals surface area contributed by atoms with Gasteiger partial charge in [0, 0.05) is 23.6 Å². The smallest absolute Gasteiger partial charge is 0.175 e. The Hall–Kier alpha value is -2.04. The van der Waals surface area contributed by atoms with Crippen LogP contribution in [-0.4, -0.2) is 43.2 Å². The normalized spacial score (nSPS) is 16.1. The average molecular weight is 407 g/mol. The number of imidazole rings is 1. The van der Waals surface area contributed by atoms with Crippen LogP contribution in [0.5, 0.6) is 5.75 Å². The highest BCUT2D eigenvalue weighted by molar-refractivity contribution is 7.99. The van der Waals surface area contributed by atoms with E-state index in [4.69, 9.17) is 10.5 Å². The summed E-state index contributed by atoms with van der Waals surface area (Å²) in [6.07, 6.45) is 1.82. The predicted molar refractivity (Wildman–Crippen MR) is 104 cm³/mol. The first-order valence-corrected chi connectivity index (χ1v) is 10.8. The van der Waals surface area contributed by atoms with Gasteiger partial charge in [-0.2, -0.15) is 0 Å². The molecule has 1 unspecified atom stereocenters. The molecule has 0 saturated carbocycles. The molecule has 0 spiro atoms. The molecule has 1 atom stereocenters. The number of nitrogens with zero attached hydrogens (tertiary/aromatic N) is 3. The Labute approximate surface area is 163 Å². The van der Waals surface area contributed by atoms with Crippen molar-refractivity contribution in [2.75, 3.05) is 24.3 Å². The molecule has 144 valence electrons. The summed E-state index contributed by atoms with van der Waals surface area (Å²) >= 11 is -0.639. The van der Waals surface area contributed by atoms with Gasteiger partial charge in [-0.05, 0) is 23.6 Å². The minimum Gasteiger partial charge on any atom is -0.772 e. The van der Waals surface area contributed by atoms with Crippen LogP contribution < -0.4 is 15.8 Å². The summed E-state index contributed by atoms with van der Waals surface area (Å²) in [5.41, 5.74) is 9.01. The minimum absolute atomic E-state index is 0.00300. The molecule has 1 aromatic heterocycles. The molecule has 0 bridgehead atoms. The Morgan fingerprint density at radius 3 is 3.11 bits per heavy atom. The van der Waals surface area contributed by atoms with E-state index in [1.165, 1.54) is 22.9 Å². The molecule has 8 nitrogen and oxygen atoms in total. The van der Waals surface area contributed by atoms with Crippen molar-refractivity contribution in [3.63, 3.8) is 0 Å². The molecule has 0 amide bonds. The number of ether oxygens (including phenoxy) is 1. The number of amidine groups is 1. The molecule has 0 fully saturated rings. The Kier molecular flexibility index (Phi) is 5.11. The molecule has 0 aliphatic carbocycles. The number of fused-ring (bicyclic) bond motifs is 2. The first-order valence-electron chi connectivity index (χ1n) is 8.73. The van der Waals surface area contributed by atoms with Crippen molar-refractivity contribution in [1.82, 2.24) is 9.55 Å². The summed E-state index contributed by atoms with van der Waals surface area (Å²) < 4.78 is 29.8. The summed E-state index contributed by atoms with van der Waals surface area (Å²) in [4.78, 5) is 9.86. The van der Waals surface area contributed by atoms with Crippen molar-refractivity contribution in [3.8, 4) is 5.75 Å².